The number of methoxy groups -OCH3 is 1. The number of sulfonamides is 1. The molecule has 0 atom stereocenters. The number of anilines is 2. The van der Waals surface area contributed by atoms with E-state index < -0.39 is 15.8 Å². The molecule has 1 fully saturated rings. The number of hydrogen-bond acceptors (Lipinski definition) is 8. The summed E-state index contributed by atoms with van der Waals surface area (Å²) in [7, 11) is -2.76. The smallest absolute Gasteiger partial charge is 0.263 e. The van der Waals surface area contributed by atoms with Gasteiger partial charge in [-0.25, -0.2) is 27.8 Å². The molecule has 4 aromatic rings. The molecule has 0 aliphatic carbocycles. The van der Waals surface area contributed by atoms with Crippen LogP contribution in [-0.2, 0) is 10.0 Å². The molecule has 1 aliphatic rings. The summed E-state index contributed by atoms with van der Waals surface area (Å²) in [6.07, 6.45) is 3.15. The summed E-state index contributed by atoms with van der Waals surface area (Å²) in [5.41, 5.74) is 2.36. The molecule has 5 rings (SSSR count). The highest BCUT2D eigenvalue weighted by molar-refractivity contribution is 7.92. The van der Waals surface area contributed by atoms with Crippen molar-refractivity contribution in [1.82, 2.24) is 20.3 Å². The standard InChI is InChI=1S/C24H22ClFN6O3S/c1-35-24-21(31-36(33,34)22-5-3-17(26)12-19(22)25)11-16(13-28-24)15-2-4-20-18(10-15)23(30-14-29-20)32-8-6-27-7-9-32/h2-5,10-14,27,31H,6-9H2,1H3. The van der Waals surface area contributed by atoms with Crippen LogP contribution in [0.4, 0.5) is 15.9 Å². The van der Waals surface area contributed by atoms with Crippen molar-refractivity contribution in [3.63, 3.8) is 0 Å². The van der Waals surface area contributed by atoms with Gasteiger partial charge in [0.05, 0.1) is 17.6 Å². The number of ether oxygens (including phenoxy) is 1. The van der Waals surface area contributed by atoms with Crippen LogP contribution in [0.25, 0.3) is 22.0 Å². The lowest BCUT2D eigenvalue weighted by Gasteiger charge is -2.29. The predicted octanol–water partition coefficient (Wildman–Crippen LogP) is 3.70. The maximum Gasteiger partial charge on any atom is 0.263 e. The highest BCUT2D eigenvalue weighted by Crippen LogP contribution is 2.34. The van der Waals surface area contributed by atoms with Gasteiger partial charge in [-0.3, -0.25) is 4.72 Å². The van der Waals surface area contributed by atoms with Crippen molar-refractivity contribution in [2.75, 3.05) is 42.9 Å². The summed E-state index contributed by atoms with van der Waals surface area (Å²) in [4.78, 5) is 15.2. The van der Waals surface area contributed by atoms with E-state index in [0.29, 0.717) is 5.56 Å². The third-order valence-corrected chi connectivity index (χ3v) is 7.68. The van der Waals surface area contributed by atoms with Crippen LogP contribution in [0.5, 0.6) is 5.88 Å². The highest BCUT2D eigenvalue weighted by Gasteiger charge is 2.22. The van der Waals surface area contributed by atoms with Crippen molar-refractivity contribution in [2.24, 2.45) is 0 Å². The SMILES string of the molecule is COc1ncc(-c2ccc3ncnc(N4CCNCC4)c3c2)cc1NS(=O)(=O)c1ccc(F)cc1Cl. The molecule has 0 amide bonds. The maximum absolute atomic E-state index is 13.4. The van der Waals surface area contributed by atoms with Crippen LogP contribution in [0.1, 0.15) is 0 Å². The molecule has 186 valence electrons. The van der Waals surface area contributed by atoms with Gasteiger partial charge in [0.2, 0.25) is 5.88 Å². The van der Waals surface area contributed by atoms with E-state index in [2.05, 4.69) is 29.9 Å². The average Bonchev–Trinajstić information content (AvgIpc) is 2.88. The fourth-order valence-electron chi connectivity index (χ4n) is 4.09. The molecule has 36 heavy (non-hydrogen) atoms. The first-order chi connectivity index (χ1) is 17.4. The molecular formula is C24H22ClFN6O3S. The first-order valence-corrected chi connectivity index (χ1v) is 12.9. The lowest BCUT2D eigenvalue weighted by molar-refractivity contribution is 0.400. The molecule has 0 bridgehead atoms. The first kappa shape index (κ1) is 24.2. The monoisotopic (exact) mass is 528 g/mol. The molecular weight excluding hydrogens is 507 g/mol. The molecule has 1 aliphatic heterocycles. The summed E-state index contributed by atoms with van der Waals surface area (Å²) < 4.78 is 47.2. The maximum atomic E-state index is 13.4. The summed E-state index contributed by atoms with van der Waals surface area (Å²) >= 11 is 5.99. The molecule has 1 saturated heterocycles. The number of fused-ring (bicyclic) bond motifs is 1. The van der Waals surface area contributed by atoms with E-state index >= 15 is 0 Å². The van der Waals surface area contributed by atoms with E-state index in [-0.39, 0.29) is 21.5 Å². The van der Waals surface area contributed by atoms with E-state index in [0.717, 1.165) is 66.7 Å². The number of hydrogen-bond donors (Lipinski definition) is 2. The second kappa shape index (κ2) is 9.84. The Bertz CT molecular complexity index is 1550. The Kier molecular flexibility index (Phi) is 6.61. The van der Waals surface area contributed by atoms with Gasteiger partial charge >= 0.3 is 0 Å². The third-order valence-electron chi connectivity index (χ3n) is 5.84. The molecule has 9 nitrogen and oxygen atoms in total. The lowest BCUT2D eigenvalue weighted by Crippen LogP contribution is -2.44. The van der Waals surface area contributed by atoms with Crippen molar-refractivity contribution < 1.29 is 17.5 Å². The van der Waals surface area contributed by atoms with Crippen LogP contribution in [0, 0.1) is 5.82 Å². The number of aromatic nitrogens is 3. The Morgan fingerprint density at radius 3 is 2.61 bits per heavy atom. The Balaban J connectivity index is 1.54. The van der Waals surface area contributed by atoms with Gasteiger partial charge in [0.25, 0.3) is 10.0 Å². The van der Waals surface area contributed by atoms with E-state index in [1.54, 1.807) is 18.6 Å². The Morgan fingerprint density at radius 1 is 1.06 bits per heavy atom. The number of piperazine rings is 1. The van der Waals surface area contributed by atoms with Gasteiger partial charge in [-0.2, -0.15) is 0 Å². The van der Waals surface area contributed by atoms with Crippen LogP contribution in [0.3, 0.4) is 0 Å². The van der Waals surface area contributed by atoms with Gasteiger partial charge in [-0.05, 0) is 42.0 Å². The van der Waals surface area contributed by atoms with Crippen molar-refractivity contribution >= 4 is 44.0 Å². The lowest BCUT2D eigenvalue weighted by atomic mass is 10.0. The molecule has 0 spiro atoms. The van der Waals surface area contributed by atoms with Crippen molar-refractivity contribution in [3.05, 3.63) is 65.8 Å². The van der Waals surface area contributed by atoms with Gasteiger partial charge in [0, 0.05) is 43.3 Å². The van der Waals surface area contributed by atoms with Crippen LogP contribution < -0.4 is 19.7 Å². The number of nitrogens with zero attached hydrogens (tertiary/aromatic N) is 4. The minimum Gasteiger partial charge on any atom is -0.480 e. The van der Waals surface area contributed by atoms with E-state index in [9.17, 15) is 12.8 Å². The van der Waals surface area contributed by atoms with Gasteiger partial charge in [0.15, 0.2) is 0 Å². The molecule has 2 aromatic carbocycles. The second-order valence-electron chi connectivity index (χ2n) is 8.13. The molecule has 0 unspecified atom stereocenters. The fourth-order valence-corrected chi connectivity index (χ4v) is 5.67. The number of benzene rings is 2. The molecule has 3 heterocycles. The Morgan fingerprint density at radius 2 is 1.86 bits per heavy atom. The average molecular weight is 529 g/mol. The van der Waals surface area contributed by atoms with E-state index in [1.165, 1.54) is 7.11 Å². The van der Waals surface area contributed by atoms with Gasteiger partial charge in [-0.15, -0.1) is 0 Å². The van der Waals surface area contributed by atoms with Gasteiger partial charge < -0.3 is 15.0 Å². The zero-order valence-electron chi connectivity index (χ0n) is 19.2. The minimum absolute atomic E-state index is 0.0752. The summed E-state index contributed by atoms with van der Waals surface area (Å²) in [5.74, 6) is 0.281. The van der Waals surface area contributed by atoms with Gasteiger partial charge in [-0.1, -0.05) is 17.7 Å². The van der Waals surface area contributed by atoms with E-state index in [1.807, 2.05) is 18.2 Å². The summed E-state index contributed by atoms with van der Waals surface area (Å²) in [5, 5.41) is 3.98. The number of pyridine rings is 1. The molecule has 12 heteroatoms. The predicted molar refractivity (Wildman–Crippen MR) is 137 cm³/mol. The summed E-state index contributed by atoms with van der Waals surface area (Å²) in [6.45, 7) is 3.40. The Labute approximate surface area is 212 Å². The fraction of sp³-hybridized carbons (Fsp3) is 0.208. The largest absolute Gasteiger partial charge is 0.480 e. The Hall–Kier alpha value is -3.54. The van der Waals surface area contributed by atoms with Crippen molar-refractivity contribution in [2.45, 2.75) is 4.90 Å². The van der Waals surface area contributed by atoms with E-state index in [4.69, 9.17) is 16.3 Å². The molecule has 0 saturated carbocycles. The minimum atomic E-state index is -4.15. The number of halogens is 2. The number of nitrogens with one attached hydrogen (secondary N) is 2. The second-order valence-corrected chi connectivity index (χ2v) is 10.2. The normalized spacial score (nSPS) is 14.1. The molecule has 0 radical (unpaired) electrons. The molecule has 2 aromatic heterocycles. The topological polar surface area (TPSA) is 109 Å². The van der Waals surface area contributed by atoms with Gasteiger partial charge in [0.1, 0.15) is 28.5 Å². The van der Waals surface area contributed by atoms with Crippen molar-refractivity contribution in [3.8, 4) is 17.0 Å². The highest BCUT2D eigenvalue weighted by atomic mass is 35.5. The van der Waals surface area contributed by atoms with Crippen molar-refractivity contribution in [1.29, 1.82) is 0 Å². The zero-order chi connectivity index (χ0) is 25.3. The van der Waals surface area contributed by atoms with Crippen LogP contribution in [0.15, 0.2) is 59.9 Å². The van der Waals surface area contributed by atoms with Crippen LogP contribution in [0.2, 0.25) is 5.02 Å². The quantitative estimate of drug-likeness (QED) is 0.390. The molecule has 2 N–H and O–H groups in total. The summed E-state index contributed by atoms with van der Waals surface area (Å²) in [6, 6.07) is 10.4. The zero-order valence-corrected chi connectivity index (χ0v) is 20.8. The number of rotatable bonds is 6. The first-order valence-electron chi connectivity index (χ1n) is 11.1. The van der Waals surface area contributed by atoms with Crippen LogP contribution >= 0.6 is 11.6 Å². The third kappa shape index (κ3) is 4.77. The van der Waals surface area contributed by atoms with Crippen LogP contribution in [-0.4, -0.2) is 56.7 Å².